The first-order valence-corrected chi connectivity index (χ1v) is 13.2. The number of hydrogen-bond donors (Lipinski definition) is 1. The summed E-state index contributed by atoms with van der Waals surface area (Å²) in [6.07, 6.45) is -0.908. The zero-order valence-corrected chi connectivity index (χ0v) is 22.3. The van der Waals surface area contributed by atoms with Gasteiger partial charge in [-0.2, -0.15) is 0 Å². The molecule has 2 aromatic heterocycles. The van der Waals surface area contributed by atoms with Crippen molar-refractivity contribution < 1.29 is 23.1 Å². The molecule has 1 atom stereocenters. The van der Waals surface area contributed by atoms with E-state index >= 15 is 4.39 Å². The van der Waals surface area contributed by atoms with Gasteiger partial charge in [-0.05, 0) is 55.3 Å². The van der Waals surface area contributed by atoms with Crippen LogP contribution in [0.3, 0.4) is 0 Å². The third kappa shape index (κ3) is 6.16. The molecule has 0 saturated heterocycles. The standard InChI is InChI=1S/C32H26FNO4S/c1-20-3-8-23(9-4-20)27-13-14-28(38-27)32(36)34-31(37-19-35)18-22-7-12-25(26(33)17-22)30-16-15-29(39-30)24-10-5-21(2)6-11-24/h3-17,19,31H,18H2,1-2H3,(H,34,36). The van der Waals surface area contributed by atoms with Gasteiger partial charge in [0.05, 0.1) is 0 Å². The van der Waals surface area contributed by atoms with Crippen molar-refractivity contribution in [1.82, 2.24) is 5.32 Å². The van der Waals surface area contributed by atoms with Gasteiger partial charge in [-0.15, -0.1) is 11.3 Å². The fourth-order valence-electron chi connectivity index (χ4n) is 4.21. The highest BCUT2D eigenvalue weighted by atomic mass is 32.1. The van der Waals surface area contributed by atoms with E-state index in [1.165, 1.54) is 23.0 Å². The maximum Gasteiger partial charge on any atom is 0.295 e. The highest BCUT2D eigenvalue weighted by Gasteiger charge is 2.20. The van der Waals surface area contributed by atoms with Gasteiger partial charge >= 0.3 is 0 Å². The average Bonchev–Trinajstić information content (AvgIpc) is 3.61. The van der Waals surface area contributed by atoms with E-state index in [9.17, 15) is 9.59 Å². The predicted octanol–water partition coefficient (Wildman–Crippen LogP) is 7.57. The number of carbonyl (C=O) groups is 2. The number of carbonyl (C=O) groups excluding carboxylic acids is 2. The first kappa shape index (κ1) is 26.1. The minimum Gasteiger partial charge on any atom is -0.451 e. The molecule has 2 heterocycles. The Morgan fingerprint density at radius 2 is 1.56 bits per heavy atom. The van der Waals surface area contributed by atoms with Gasteiger partial charge in [0.1, 0.15) is 11.6 Å². The number of nitrogens with one attached hydrogen (secondary N) is 1. The van der Waals surface area contributed by atoms with Crippen molar-refractivity contribution in [3.05, 3.63) is 119 Å². The molecule has 0 aliphatic carbocycles. The van der Waals surface area contributed by atoms with Gasteiger partial charge in [-0.3, -0.25) is 9.59 Å². The Labute approximate surface area is 229 Å². The van der Waals surface area contributed by atoms with E-state index in [1.54, 1.807) is 24.3 Å². The van der Waals surface area contributed by atoms with E-state index in [-0.39, 0.29) is 18.7 Å². The molecule has 5 aromatic rings. The van der Waals surface area contributed by atoms with Gasteiger partial charge in [0.25, 0.3) is 12.4 Å². The number of furan rings is 1. The fourth-order valence-corrected chi connectivity index (χ4v) is 5.24. The molecule has 5 rings (SSSR count). The molecular formula is C32H26FNO4S. The van der Waals surface area contributed by atoms with Crippen LogP contribution < -0.4 is 5.32 Å². The van der Waals surface area contributed by atoms with Crippen molar-refractivity contribution in [2.75, 3.05) is 0 Å². The van der Waals surface area contributed by atoms with Crippen LogP contribution in [0.25, 0.3) is 32.2 Å². The summed E-state index contributed by atoms with van der Waals surface area (Å²) in [5.74, 6) is -0.312. The quantitative estimate of drug-likeness (QED) is 0.155. The van der Waals surface area contributed by atoms with Crippen LogP contribution >= 0.6 is 11.3 Å². The Balaban J connectivity index is 1.27. The highest BCUT2D eigenvalue weighted by Crippen LogP contribution is 2.36. The van der Waals surface area contributed by atoms with E-state index < -0.39 is 18.0 Å². The Hall–Kier alpha value is -4.49. The normalized spacial score (nSPS) is 11.7. The molecule has 5 nitrogen and oxygen atoms in total. The number of aryl methyl sites for hydroxylation is 2. The molecule has 0 radical (unpaired) electrons. The number of rotatable bonds is 9. The van der Waals surface area contributed by atoms with Gasteiger partial charge in [-0.1, -0.05) is 71.8 Å². The van der Waals surface area contributed by atoms with E-state index in [1.807, 2.05) is 50.2 Å². The second-order valence-corrected chi connectivity index (χ2v) is 10.4. The van der Waals surface area contributed by atoms with Crippen molar-refractivity contribution in [1.29, 1.82) is 0 Å². The molecule has 0 fully saturated rings. The lowest BCUT2D eigenvalue weighted by atomic mass is 10.1. The van der Waals surface area contributed by atoms with Gasteiger partial charge in [0, 0.05) is 27.3 Å². The minimum atomic E-state index is -0.997. The molecule has 0 spiro atoms. The summed E-state index contributed by atoms with van der Waals surface area (Å²) in [4.78, 5) is 25.8. The molecule has 1 amide bonds. The number of halogens is 1. The molecule has 1 N–H and O–H groups in total. The number of ether oxygens (including phenoxy) is 1. The smallest absolute Gasteiger partial charge is 0.295 e. The lowest BCUT2D eigenvalue weighted by molar-refractivity contribution is -0.134. The molecule has 7 heteroatoms. The van der Waals surface area contributed by atoms with Crippen LogP contribution in [0.5, 0.6) is 0 Å². The monoisotopic (exact) mass is 539 g/mol. The third-order valence-corrected chi connectivity index (χ3v) is 7.51. The van der Waals surface area contributed by atoms with E-state index in [0.717, 1.165) is 26.4 Å². The summed E-state index contributed by atoms with van der Waals surface area (Å²) < 4.78 is 25.9. The second-order valence-electron chi connectivity index (χ2n) is 9.27. The van der Waals surface area contributed by atoms with Crippen LogP contribution in [0.2, 0.25) is 0 Å². The van der Waals surface area contributed by atoms with Crippen molar-refractivity contribution in [2.45, 2.75) is 26.5 Å². The summed E-state index contributed by atoms with van der Waals surface area (Å²) in [6.45, 7) is 4.28. The first-order chi connectivity index (χ1) is 18.9. The molecular weight excluding hydrogens is 513 g/mol. The van der Waals surface area contributed by atoms with Gasteiger partial charge in [0.15, 0.2) is 12.0 Å². The zero-order chi connectivity index (χ0) is 27.4. The summed E-state index contributed by atoms with van der Waals surface area (Å²) in [7, 11) is 0. The van der Waals surface area contributed by atoms with Crippen LogP contribution in [0.4, 0.5) is 4.39 Å². The third-order valence-electron chi connectivity index (χ3n) is 6.34. The summed E-state index contributed by atoms with van der Waals surface area (Å²) >= 11 is 1.52. The Morgan fingerprint density at radius 1 is 0.897 bits per heavy atom. The molecule has 3 aromatic carbocycles. The molecule has 39 heavy (non-hydrogen) atoms. The van der Waals surface area contributed by atoms with Crippen molar-refractivity contribution in [3.8, 4) is 32.2 Å². The van der Waals surface area contributed by atoms with E-state index in [0.29, 0.717) is 16.9 Å². The van der Waals surface area contributed by atoms with Crippen LogP contribution in [-0.4, -0.2) is 18.6 Å². The number of benzene rings is 3. The van der Waals surface area contributed by atoms with Crippen LogP contribution in [0.15, 0.2) is 95.4 Å². The van der Waals surface area contributed by atoms with Gasteiger partial charge in [-0.25, -0.2) is 4.39 Å². The fraction of sp³-hybridized carbons (Fsp3) is 0.125. The topological polar surface area (TPSA) is 68.5 Å². The van der Waals surface area contributed by atoms with Crippen LogP contribution in [-0.2, 0) is 16.0 Å². The molecule has 0 aliphatic heterocycles. The van der Waals surface area contributed by atoms with Gasteiger partial charge in [0.2, 0.25) is 0 Å². The van der Waals surface area contributed by atoms with Crippen molar-refractivity contribution in [3.63, 3.8) is 0 Å². The second kappa shape index (κ2) is 11.5. The maximum absolute atomic E-state index is 15.1. The van der Waals surface area contributed by atoms with E-state index in [4.69, 9.17) is 9.15 Å². The Morgan fingerprint density at radius 3 is 2.23 bits per heavy atom. The SMILES string of the molecule is Cc1ccc(-c2ccc(C(=O)NC(Cc3ccc(-c4ccc(-c5ccc(C)cc5)s4)c(F)c3)OC=O)o2)cc1. The van der Waals surface area contributed by atoms with E-state index in [2.05, 4.69) is 29.6 Å². The maximum atomic E-state index is 15.1. The van der Waals surface area contributed by atoms with Gasteiger partial charge < -0.3 is 14.5 Å². The largest absolute Gasteiger partial charge is 0.451 e. The number of thiophene rings is 1. The Bertz CT molecular complexity index is 1600. The molecule has 0 saturated carbocycles. The van der Waals surface area contributed by atoms with Crippen LogP contribution in [0.1, 0.15) is 27.2 Å². The Kier molecular flexibility index (Phi) is 7.70. The van der Waals surface area contributed by atoms with Crippen molar-refractivity contribution in [2.24, 2.45) is 0 Å². The average molecular weight is 540 g/mol. The lowest BCUT2D eigenvalue weighted by Gasteiger charge is -2.16. The molecule has 1 unspecified atom stereocenters. The number of hydrogen-bond acceptors (Lipinski definition) is 5. The van der Waals surface area contributed by atoms with Crippen molar-refractivity contribution >= 4 is 23.7 Å². The summed E-state index contributed by atoms with van der Waals surface area (Å²) in [5, 5.41) is 2.64. The zero-order valence-electron chi connectivity index (χ0n) is 21.4. The lowest BCUT2D eigenvalue weighted by Crippen LogP contribution is -2.38. The number of amides is 1. The highest BCUT2D eigenvalue weighted by molar-refractivity contribution is 7.18. The minimum absolute atomic E-state index is 0.0775. The molecule has 0 bridgehead atoms. The van der Waals surface area contributed by atoms with Crippen LogP contribution in [0, 0.1) is 19.7 Å². The summed E-state index contributed by atoms with van der Waals surface area (Å²) in [6, 6.07) is 28.0. The molecule has 196 valence electrons. The summed E-state index contributed by atoms with van der Waals surface area (Å²) in [5.41, 5.74) is 5.27. The first-order valence-electron chi connectivity index (χ1n) is 12.4. The predicted molar refractivity (Wildman–Crippen MR) is 151 cm³/mol. The molecule has 0 aliphatic rings.